The van der Waals surface area contributed by atoms with E-state index in [4.69, 9.17) is 0 Å². The summed E-state index contributed by atoms with van der Waals surface area (Å²) in [6.07, 6.45) is 2.33. The molecule has 21 heavy (non-hydrogen) atoms. The fraction of sp³-hybridized carbons (Fsp3) is 0.308. The maximum atomic E-state index is 12.6. The predicted octanol–water partition coefficient (Wildman–Crippen LogP) is 1.57. The monoisotopic (exact) mass is 320 g/mol. The quantitative estimate of drug-likeness (QED) is 0.740. The zero-order chi connectivity index (χ0) is 14.4. The zero-order valence-corrected chi connectivity index (χ0v) is 12.7. The molecule has 4 heterocycles. The first-order chi connectivity index (χ1) is 10.2. The molecule has 0 saturated carbocycles. The van der Waals surface area contributed by atoms with Crippen molar-refractivity contribution in [3.63, 3.8) is 0 Å². The Bertz CT molecular complexity index is 847. The maximum Gasteiger partial charge on any atom is 0.264 e. The fourth-order valence-corrected chi connectivity index (χ4v) is 4.25. The van der Waals surface area contributed by atoms with Gasteiger partial charge < -0.3 is 10.2 Å². The van der Waals surface area contributed by atoms with Crippen LogP contribution in [0.25, 0.3) is 15.3 Å². The summed E-state index contributed by atoms with van der Waals surface area (Å²) in [6.45, 7) is 1.55. The molecule has 0 aromatic carbocycles. The molecule has 6 nitrogen and oxygen atoms in total. The van der Waals surface area contributed by atoms with Crippen LogP contribution < -0.4 is 5.32 Å². The summed E-state index contributed by atoms with van der Waals surface area (Å²) in [4.78, 5) is 32.7. The first-order valence-corrected chi connectivity index (χ1v) is 8.33. The molecule has 0 unspecified atom stereocenters. The molecule has 1 aliphatic rings. The molecule has 0 radical (unpaired) electrons. The highest BCUT2D eigenvalue weighted by molar-refractivity contribution is 7.21. The second kappa shape index (κ2) is 4.81. The molecular weight excluding hydrogens is 308 g/mol. The second-order valence-corrected chi connectivity index (χ2v) is 6.76. The van der Waals surface area contributed by atoms with Gasteiger partial charge in [0.25, 0.3) is 5.91 Å². The van der Waals surface area contributed by atoms with Crippen LogP contribution in [0.3, 0.4) is 0 Å². The molecule has 1 saturated heterocycles. The molecule has 1 N–H and O–H groups in total. The number of rotatable bonds is 1. The van der Waals surface area contributed by atoms with E-state index in [0.29, 0.717) is 30.9 Å². The van der Waals surface area contributed by atoms with Crippen molar-refractivity contribution >= 4 is 49.8 Å². The Morgan fingerprint density at radius 2 is 2.29 bits per heavy atom. The van der Waals surface area contributed by atoms with Crippen molar-refractivity contribution in [1.82, 2.24) is 19.6 Å². The molecule has 1 aliphatic heterocycles. The van der Waals surface area contributed by atoms with E-state index in [1.807, 2.05) is 22.0 Å². The highest BCUT2D eigenvalue weighted by Gasteiger charge is 2.22. The van der Waals surface area contributed by atoms with E-state index in [1.54, 1.807) is 16.2 Å². The van der Waals surface area contributed by atoms with Gasteiger partial charge in [0.2, 0.25) is 5.91 Å². The molecule has 0 atom stereocenters. The van der Waals surface area contributed by atoms with Gasteiger partial charge in [0.05, 0.1) is 10.4 Å². The van der Waals surface area contributed by atoms with Crippen LogP contribution in [0.1, 0.15) is 16.1 Å². The van der Waals surface area contributed by atoms with Gasteiger partial charge in [-0.2, -0.15) is 0 Å². The number of hydrogen-bond donors (Lipinski definition) is 1. The summed E-state index contributed by atoms with van der Waals surface area (Å²) < 4.78 is 2.00. The number of fused-ring (bicyclic) bond motifs is 3. The summed E-state index contributed by atoms with van der Waals surface area (Å²) in [5, 5.41) is 4.76. The standard InChI is InChI=1S/C13H12N4O2S2/c18-10-1-3-16(4-2-14-10)12(19)9-7-8-11(21-9)15-13-17(8)5-6-20-13/h5-7H,1-4H2,(H,14,18). The SMILES string of the molecule is O=C1CCN(C(=O)c2cc3c(nc4sccn43)s2)CCN1. The van der Waals surface area contributed by atoms with Crippen LogP contribution in [0.5, 0.6) is 0 Å². The number of carbonyl (C=O) groups is 2. The first-order valence-electron chi connectivity index (χ1n) is 6.63. The largest absolute Gasteiger partial charge is 0.354 e. The topological polar surface area (TPSA) is 66.7 Å². The lowest BCUT2D eigenvalue weighted by atomic mass is 10.3. The third kappa shape index (κ3) is 2.11. The summed E-state index contributed by atoms with van der Waals surface area (Å²) in [7, 11) is 0. The van der Waals surface area contributed by atoms with Crippen LogP contribution in [0.4, 0.5) is 0 Å². The Kier molecular flexibility index (Phi) is 2.93. The predicted molar refractivity (Wildman–Crippen MR) is 82.0 cm³/mol. The van der Waals surface area contributed by atoms with Crippen LogP contribution in [0.15, 0.2) is 17.6 Å². The lowest BCUT2D eigenvalue weighted by molar-refractivity contribution is -0.120. The molecule has 0 bridgehead atoms. The van der Waals surface area contributed by atoms with Crippen molar-refractivity contribution in [2.24, 2.45) is 0 Å². The van der Waals surface area contributed by atoms with Gasteiger partial charge >= 0.3 is 0 Å². The number of nitrogens with one attached hydrogen (secondary N) is 1. The normalized spacial score (nSPS) is 16.4. The Hall–Kier alpha value is -1.93. The molecule has 108 valence electrons. The molecular formula is C13H12N4O2S2. The molecule has 1 fully saturated rings. The molecule has 0 spiro atoms. The van der Waals surface area contributed by atoms with Crippen LogP contribution in [-0.4, -0.2) is 45.7 Å². The molecule has 0 aliphatic carbocycles. The number of imidazole rings is 1. The van der Waals surface area contributed by atoms with Gasteiger partial charge in [0, 0.05) is 37.6 Å². The van der Waals surface area contributed by atoms with Crippen LogP contribution >= 0.6 is 22.7 Å². The van der Waals surface area contributed by atoms with E-state index in [-0.39, 0.29) is 11.8 Å². The Balaban J connectivity index is 1.66. The zero-order valence-electron chi connectivity index (χ0n) is 11.0. The average molecular weight is 320 g/mol. The van der Waals surface area contributed by atoms with Gasteiger partial charge in [-0.25, -0.2) is 4.98 Å². The molecule has 8 heteroatoms. The van der Waals surface area contributed by atoms with E-state index < -0.39 is 0 Å². The number of aromatic nitrogens is 2. The van der Waals surface area contributed by atoms with Crippen molar-refractivity contribution in [3.8, 4) is 0 Å². The first kappa shape index (κ1) is 12.8. The number of carbonyl (C=O) groups excluding carboxylic acids is 2. The van der Waals surface area contributed by atoms with Crippen molar-refractivity contribution in [1.29, 1.82) is 0 Å². The highest BCUT2D eigenvalue weighted by atomic mass is 32.1. The van der Waals surface area contributed by atoms with Gasteiger partial charge in [-0.3, -0.25) is 14.0 Å². The van der Waals surface area contributed by atoms with Gasteiger partial charge in [0.1, 0.15) is 4.83 Å². The van der Waals surface area contributed by atoms with Crippen LogP contribution in [0.2, 0.25) is 0 Å². The van der Waals surface area contributed by atoms with Crippen LogP contribution in [0, 0.1) is 0 Å². The minimum Gasteiger partial charge on any atom is -0.354 e. The van der Waals surface area contributed by atoms with Crippen molar-refractivity contribution in [3.05, 3.63) is 22.5 Å². The number of thiophene rings is 1. The van der Waals surface area contributed by atoms with E-state index in [0.717, 1.165) is 15.3 Å². The summed E-state index contributed by atoms with van der Waals surface area (Å²) in [5.41, 5.74) is 0.976. The number of thiazole rings is 1. The number of amides is 2. The molecule has 3 aromatic rings. The number of nitrogens with zero attached hydrogens (tertiary/aromatic N) is 3. The van der Waals surface area contributed by atoms with Gasteiger partial charge in [-0.1, -0.05) is 0 Å². The minimum absolute atomic E-state index is 0.00689. The molecule has 2 amide bonds. The number of hydrogen-bond acceptors (Lipinski definition) is 5. The second-order valence-electron chi connectivity index (χ2n) is 4.86. The summed E-state index contributed by atoms with van der Waals surface area (Å²) in [5.74, 6) is -0.00840. The molecule has 3 aromatic heterocycles. The van der Waals surface area contributed by atoms with E-state index >= 15 is 0 Å². The van der Waals surface area contributed by atoms with Crippen molar-refractivity contribution < 1.29 is 9.59 Å². The highest BCUT2D eigenvalue weighted by Crippen LogP contribution is 2.29. The van der Waals surface area contributed by atoms with Crippen LogP contribution in [-0.2, 0) is 4.79 Å². The fourth-order valence-electron chi connectivity index (χ4n) is 2.48. The third-order valence-corrected chi connectivity index (χ3v) is 5.31. The summed E-state index contributed by atoms with van der Waals surface area (Å²) >= 11 is 3.00. The molecule has 4 rings (SSSR count). The van der Waals surface area contributed by atoms with Gasteiger partial charge in [-0.05, 0) is 6.07 Å². The van der Waals surface area contributed by atoms with E-state index in [1.165, 1.54) is 11.3 Å². The lowest BCUT2D eigenvalue weighted by Crippen LogP contribution is -2.33. The summed E-state index contributed by atoms with van der Waals surface area (Å²) in [6, 6.07) is 1.90. The lowest BCUT2D eigenvalue weighted by Gasteiger charge is -2.18. The maximum absolute atomic E-state index is 12.6. The van der Waals surface area contributed by atoms with E-state index in [9.17, 15) is 9.59 Å². The minimum atomic E-state index is -0.0153. The van der Waals surface area contributed by atoms with Gasteiger partial charge in [-0.15, -0.1) is 22.7 Å². The third-order valence-electron chi connectivity index (χ3n) is 3.55. The van der Waals surface area contributed by atoms with Crippen molar-refractivity contribution in [2.75, 3.05) is 19.6 Å². The Labute approximate surface area is 128 Å². The van der Waals surface area contributed by atoms with E-state index in [2.05, 4.69) is 10.3 Å². The smallest absolute Gasteiger partial charge is 0.264 e. The Morgan fingerprint density at radius 1 is 1.38 bits per heavy atom. The Morgan fingerprint density at radius 3 is 3.19 bits per heavy atom. The van der Waals surface area contributed by atoms with Gasteiger partial charge in [0.15, 0.2) is 4.96 Å². The average Bonchev–Trinajstić information content (AvgIpc) is 3.08. The van der Waals surface area contributed by atoms with Crippen molar-refractivity contribution in [2.45, 2.75) is 6.42 Å².